The quantitative estimate of drug-likeness (QED) is 0.596. The van der Waals surface area contributed by atoms with Gasteiger partial charge in [0.05, 0.1) is 13.2 Å². The summed E-state index contributed by atoms with van der Waals surface area (Å²) < 4.78 is 11.2. The maximum absolute atomic E-state index is 5.69. The van der Waals surface area contributed by atoms with Crippen LogP contribution in [0.3, 0.4) is 0 Å². The second kappa shape index (κ2) is 8.42. The lowest BCUT2D eigenvalue weighted by Gasteiger charge is -2.08. The van der Waals surface area contributed by atoms with Gasteiger partial charge in [-0.1, -0.05) is 6.92 Å². The monoisotopic (exact) mass is 304 g/mol. The van der Waals surface area contributed by atoms with Gasteiger partial charge in [-0.3, -0.25) is 0 Å². The third-order valence-electron chi connectivity index (χ3n) is 2.68. The molecule has 0 saturated carbocycles. The van der Waals surface area contributed by atoms with Gasteiger partial charge in [-0.2, -0.15) is 0 Å². The molecule has 1 aromatic heterocycles. The largest absolute Gasteiger partial charge is 0.494 e. The molecular weight excluding hydrogens is 284 g/mol. The Morgan fingerprint density at radius 1 is 1.00 bits per heavy atom. The fourth-order valence-corrected chi connectivity index (χ4v) is 2.34. The molecule has 0 unspecified atom stereocenters. The second-order valence-corrected chi connectivity index (χ2v) is 5.60. The molecule has 0 amide bonds. The van der Waals surface area contributed by atoms with Crippen molar-refractivity contribution >= 4 is 17.6 Å². The van der Waals surface area contributed by atoms with Crippen LogP contribution in [0.1, 0.15) is 13.3 Å². The number of nitrogens with two attached hydrogens (primary N) is 1. The molecular formula is C16H20N2O2S. The van der Waals surface area contributed by atoms with Crippen LogP contribution in [0.25, 0.3) is 0 Å². The highest BCUT2D eigenvalue weighted by molar-refractivity contribution is 7.99. The Morgan fingerprint density at radius 2 is 1.67 bits per heavy atom. The molecule has 0 fully saturated rings. The zero-order chi connectivity index (χ0) is 14.9. The van der Waals surface area contributed by atoms with Gasteiger partial charge in [0.25, 0.3) is 0 Å². The van der Waals surface area contributed by atoms with E-state index in [1.807, 2.05) is 30.3 Å². The van der Waals surface area contributed by atoms with Crippen LogP contribution in [0.2, 0.25) is 0 Å². The lowest BCUT2D eigenvalue weighted by molar-refractivity contribution is 0.314. The van der Waals surface area contributed by atoms with E-state index in [1.54, 1.807) is 24.0 Å². The highest BCUT2D eigenvalue weighted by atomic mass is 32.2. The van der Waals surface area contributed by atoms with Crippen molar-refractivity contribution in [2.45, 2.75) is 18.2 Å². The van der Waals surface area contributed by atoms with Crippen molar-refractivity contribution in [2.75, 3.05) is 24.7 Å². The molecule has 5 heteroatoms. The van der Waals surface area contributed by atoms with Crippen LogP contribution < -0.4 is 15.2 Å². The molecule has 2 aromatic rings. The average Bonchev–Trinajstić information content (AvgIpc) is 2.52. The maximum atomic E-state index is 5.69. The van der Waals surface area contributed by atoms with E-state index in [4.69, 9.17) is 15.2 Å². The van der Waals surface area contributed by atoms with Gasteiger partial charge < -0.3 is 15.2 Å². The molecule has 112 valence electrons. The number of pyridine rings is 1. The molecule has 0 aliphatic heterocycles. The van der Waals surface area contributed by atoms with Gasteiger partial charge in [0.15, 0.2) is 0 Å². The Morgan fingerprint density at radius 3 is 2.24 bits per heavy atom. The van der Waals surface area contributed by atoms with E-state index < -0.39 is 0 Å². The second-order valence-electron chi connectivity index (χ2n) is 4.44. The number of hydrogen-bond donors (Lipinski definition) is 1. The van der Waals surface area contributed by atoms with Crippen LogP contribution in [0.15, 0.2) is 47.5 Å². The van der Waals surface area contributed by atoms with E-state index in [-0.39, 0.29) is 0 Å². The third kappa shape index (κ3) is 5.55. The van der Waals surface area contributed by atoms with Crippen LogP contribution in [-0.2, 0) is 0 Å². The topological polar surface area (TPSA) is 57.4 Å². The summed E-state index contributed by atoms with van der Waals surface area (Å²) in [6.45, 7) is 3.47. The molecule has 0 aliphatic carbocycles. The smallest absolute Gasteiger partial charge is 0.123 e. The molecule has 0 aliphatic rings. The number of rotatable bonds is 8. The van der Waals surface area contributed by atoms with Crippen LogP contribution in [0, 0.1) is 0 Å². The predicted octanol–water partition coefficient (Wildman–Crippen LogP) is 3.62. The minimum absolute atomic E-state index is 0.543. The van der Waals surface area contributed by atoms with Crippen molar-refractivity contribution in [3.8, 4) is 11.5 Å². The van der Waals surface area contributed by atoms with Crippen LogP contribution in [-0.4, -0.2) is 24.0 Å². The molecule has 2 N–H and O–H groups in total. The Kier molecular flexibility index (Phi) is 6.22. The predicted molar refractivity (Wildman–Crippen MR) is 87.1 cm³/mol. The van der Waals surface area contributed by atoms with Crippen molar-refractivity contribution in [3.63, 3.8) is 0 Å². The van der Waals surface area contributed by atoms with E-state index in [0.717, 1.165) is 35.2 Å². The molecule has 1 aromatic carbocycles. The summed E-state index contributed by atoms with van der Waals surface area (Å²) >= 11 is 1.69. The number of thioether (sulfide) groups is 1. The van der Waals surface area contributed by atoms with Crippen LogP contribution in [0.5, 0.6) is 11.5 Å². The summed E-state index contributed by atoms with van der Waals surface area (Å²) in [4.78, 5) is 5.15. The van der Waals surface area contributed by atoms with E-state index in [0.29, 0.717) is 12.4 Å². The zero-order valence-corrected chi connectivity index (χ0v) is 12.9. The fourth-order valence-electron chi connectivity index (χ4n) is 1.65. The molecule has 0 spiro atoms. The van der Waals surface area contributed by atoms with E-state index in [2.05, 4.69) is 11.9 Å². The Labute approximate surface area is 129 Å². The van der Waals surface area contributed by atoms with Crippen LogP contribution in [0.4, 0.5) is 5.82 Å². The Hall–Kier alpha value is -1.88. The normalized spacial score (nSPS) is 10.3. The Balaban J connectivity index is 1.69. The summed E-state index contributed by atoms with van der Waals surface area (Å²) in [5.41, 5.74) is 5.54. The first-order valence-electron chi connectivity index (χ1n) is 6.98. The van der Waals surface area contributed by atoms with Gasteiger partial charge in [0.2, 0.25) is 0 Å². The van der Waals surface area contributed by atoms with E-state index >= 15 is 0 Å². The number of aromatic nitrogens is 1. The van der Waals surface area contributed by atoms with Gasteiger partial charge in [-0.05, 0) is 42.8 Å². The van der Waals surface area contributed by atoms with E-state index in [1.165, 1.54) is 0 Å². The van der Waals surface area contributed by atoms with Gasteiger partial charge in [0.1, 0.15) is 17.3 Å². The minimum atomic E-state index is 0.543. The first-order chi connectivity index (χ1) is 10.3. The number of ether oxygens (including phenoxy) is 2. The van der Waals surface area contributed by atoms with Gasteiger partial charge >= 0.3 is 0 Å². The Bertz CT molecular complexity index is 529. The summed E-state index contributed by atoms with van der Waals surface area (Å²) in [6, 6.07) is 11.5. The molecule has 0 saturated heterocycles. The maximum Gasteiger partial charge on any atom is 0.123 e. The molecule has 0 atom stereocenters. The summed E-state index contributed by atoms with van der Waals surface area (Å²) in [5, 5.41) is 0. The molecule has 1 heterocycles. The summed E-state index contributed by atoms with van der Waals surface area (Å²) in [7, 11) is 0. The number of nitrogen functional groups attached to an aromatic ring is 1. The molecule has 21 heavy (non-hydrogen) atoms. The number of benzene rings is 1. The number of hydrogen-bond acceptors (Lipinski definition) is 5. The number of anilines is 1. The van der Waals surface area contributed by atoms with Crippen molar-refractivity contribution in [1.29, 1.82) is 0 Å². The zero-order valence-electron chi connectivity index (χ0n) is 12.1. The van der Waals surface area contributed by atoms with Crippen molar-refractivity contribution < 1.29 is 9.47 Å². The minimum Gasteiger partial charge on any atom is -0.494 e. The molecule has 4 nitrogen and oxygen atoms in total. The number of nitrogens with zero attached hydrogens (tertiary/aromatic N) is 1. The molecule has 0 bridgehead atoms. The average molecular weight is 304 g/mol. The van der Waals surface area contributed by atoms with Crippen LogP contribution >= 0.6 is 11.8 Å². The fraction of sp³-hybridized carbons (Fsp3) is 0.312. The van der Waals surface area contributed by atoms with Crippen molar-refractivity contribution in [3.05, 3.63) is 42.6 Å². The lowest BCUT2D eigenvalue weighted by atomic mass is 10.3. The highest BCUT2D eigenvalue weighted by Gasteiger charge is 1.98. The standard InChI is InChI=1S/C16H20N2O2S/c1-2-9-19-13-3-5-14(6-4-13)20-10-11-21-15-7-8-16(17)18-12-15/h3-8,12H,2,9-11H2,1H3,(H2,17,18). The van der Waals surface area contributed by atoms with Gasteiger partial charge in [-0.15, -0.1) is 11.8 Å². The van der Waals surface area contributed by atoms with Gasteiger partial charge in [0, 0.05) is 16.8 Å². The third-order valence-corrected chi connectivity index (χ3v) is 3.62. The summed E-state index contributed by atoms with van der Waals surface area (Å²) in [5.74, 6) is 3.14. The van der Waals surface area contributed by atoms with E-state index in [9.17, 15) is 0 Å². The lowest BCUT2D eigenvalue weighted by Crippen LogP contribution is -2.00. The first kappa shape index (κ1) is 15.5. The molecule has 0 radical (unpaired) electrons. The first-order valence-corrected chi connectivity index (χ1v) is 7.96. The van der Waals surface area contributed by atoms with Gasteiger partial charge in [-0.25, -0.2) is 4.98 Å². The SMILES string of the molecule is CCCOc1ccc(OCCSc2ccc(N)nc2)cc1. The molecule has 2 rings (SSSR count). The summed E-state index contributed by atoms with van der Waals surface area (Å²) in [6.07, 6.45) is 2.79. The highest BCUT2D eigenvalue weighted by Crippen LogP contribution is 2.20. The van der Waals surface area contributed by atoms with Crippen molar-refractivity contribution in [2.24, 2.45) is 0 Å². The van der Waals surface area contributed by atoms with Crippen molar-refractivity contribution in [1.82, 2.24) is 4.98 Å².